The molecule has 1 nitrogen and oxygen atoms in total. The van der Waals surface area contributed by atoms with Crippen LogP contribution in [0.15, 0.2) is 174 Å². The molecular weight excluding hydrogens is 725 g/mol. The van der Waals surface area contributed by atoms with Gasteiger partial charge in [-0.05, 0) is 141 Å². The standard InChI is InChI=1S/C59H40O/c1-59(2)51-34-39(30-31-49(51)56-57(59)48-22-10-9-21-47(48)55-50-23-11-12-25-52(50)60-58(55)56)37-26-27-38-33-40(29-28-36(38)32-37)53-43-17-5-7-19-45(43)54(46-20-8-6-18-44(46)53)42-24-13-15-35-14-3-4-16-41(35)42/h3-5,7,9-34H,6,8H2,1-2H3. The fourth-order valence-corrected chi connectivity index (χ4v) is 11.1. The average Bonchev–Trinajstić information content (AvgIpc) is 3.80. The molecule has 0 amide bonds. The molecule has 1 aromatic heterocycles. The van der Waals surface area contributed by atoms with E-state index >= 15 is 0 Å². The largest absolute Gasteiger partial charge is 0.455 e. The van der Waals surface area contributed by atoms with Crippen molar-refractivity contribution in [1.29, 1.82) is 0 Å². The predicted octanol–water partition coefficient (Wildman–Crippen LogP) is 14.9. The summed E-state index contributed by atoms with van der Waals surface area (Å²) in [7, 11) is 0. The molecule has 0 spiro atoms. The number of hydrogen-bond donors (Lipinski definition) is 0. The number of rotatable bonds is 3. The van der Waals surface area contributed by atoms with Gasteiger partial charge in [0.1, 0.15) is 11.2 Å². The lowest BCUT2D eigenvalue weighted by Gasteiger charge is -2.24. The number of hydrogen-bond acceptors (Lipinski definition) is 1. The van der Waals surface area contributed by atoms with Gasteiger partial charge in [-0.25, -0.2) is 0 Å². The molecule has 0 bridgehead atoms. The minimum absolute atomic E-state index is 0.210. The van der Waals surface area contributed by atoms with Crippen molar-refractivity contribution in [3.8, 4) is 44.5 Å². The molecule has 11 aromatic rings. The zero-order chi connectivity index (χ0) is 39.7. The summed E-state index contributed by atoms with van der Waals surface area (Å²) < 4.78 is 6.75. The summed E-state index contributed by atoms with van der Waals surface area (Å²) in [6, 6.07) is 63.2. The van der Waals surface area contributed by atoms with Crippen LogP contribution in [0.2, 0.25) is 0 Å². The van der Waals surface area contributed by atoms with Gasteiger partial charge >= 0.3 is 0 Å². The lowest BCUT2D eigenvalue weighted by molar-refractivity contribution is 0.658. The van der Waals surface area contributed by atoms with Crippen LogP contribution in [0.3, 0.4) is 0 Å². The lowest BCUT2D eigenvalue weighted by atomic mass is 9.79. The highest BCUT2D eigenvalue weighted by Crippen LogP contribution is 2.56. The number of furan rings is 1. The number of fused-ring (bicyclic) bond motifs is 14. The number of para-hydroxylation sites is 1. The maximum absolute atomic E-state index is 6.75. The molecule has 60 heavy (non-hydrogen) atoms. The summed E-state index contributed by atoms with van der Waals surface area (Å²) in [6.07, 6.45) is 7.06. The maximum Gasteiger partial charge on any atom is 0.144 e. The van der Waals surface area contributed by atoms with E-state index in [2.05, 4.69) is 196 Å². The number of benzene rings is 10. The second-order valence-electron chi connectivity index (χ2n) is 17.4. The first-order chi connectivity index (χ1) is 29.5. The third-order valence-corrected chi connectivity index (χ3v) is 13.8. The Kier molecular flexibility index (Phi) is 6.97. The smallest absolute Gasteiger partial charge is 0.144 e. The van der Waals surface area contributed by atoms with Crippen LogP contribution in [-0.2, 0) is 5.41 Å². The van der Waals surface area contributed by atoms with Crippen LogP contribution >= 0.6 is 0 Å². The van der Waals surface area contributed by atoms with Gasteiger partial charge in [0.05, 0.1) is 0 Å². The molecular formula is C59H40O. The van der Waals surface area contributed by atoms with Gasteiger partial charge in [-0.3, -0.25) is 0 Å². The van der Waals surface area contributed by atoms with Crippen molar-refractivity contribution in [1.82, 2.24) is 0 Å². The van der Waals surface area contributed by atoms with Gasteiger partial charge in [0.25, 0.3) is 0 Å². The molecule has 0 unspecified atom stereocenters. The Hall–Kier alpha value is -7.22. The van der Waals surface area contributed by atoms with Crippen LogP contribution in [0, 0.1) is 0 Å². The highest BCUT2D eigenvalue weighted by molar-refractivity contribution is 6.25. The minimum atomic E-state index is -0.210. The van der Waals surface area contributed by atoms with Crippen molar-refractivity contribution in [2.75, 3.05) is 0 Å². The van der Waals surface area contributed by atoms with Gasteiger partial charge in [-0.15, -0.1) is 0 Å². The quantitative estimate of drug-likeness (QED) is 0.175. The van der Waals surface area contributed by atoms with Gasteiger partial charge in [0.2, 0.25) is 0 Å². The zero-order valence-corrected chi connectivity index (χ0v) is 33.6. The van der Waals surface area contributed by atoms with Crippen molar-refractivity contribution in [3.05, 3.63) is 191 Å². The van der Waals surface area contributed by atoms with E-state index in [1.165, 1.54) is 120 Å². The van der Waals surface area contributed by atoms with E-state index in [0.29, 0.717) is 0 Å². The average molecular weight is 765 g/mol. The molecule has 10 aromatic carbocycles. The Morgan fingerprint density at radius 2 is 1.00 bits per heavy atom. The summed E-state index contributed by atoms with van der Waals surface area (Å²) in [5.41, 5.74) is 14.7. The van der Waals surface area contributed by atoms with E-state index in [1.54, 1.807) is 0 Å². The SMILES string of the molecule is CC1(C)c2cc(-c3ccc4cc(-c5c6c(c(-c7cccc8ccccc78)c7ccccc57)=CCCC=6)ccc4c3)ccc2-c2c1c1ccccc1c1c2oc2ccccc21. The first-order valence-electron chi connectivity index (χ1n) is 21.3. The van der Waals surface area contributed by atoms with E-state index in [9.17, 15) is 0 Å². The molecule has 0 saturated carbocycles. The Morgan fingerprint density at radius 1 is 0.417 bits per heavy atom. The Balaban J connectivity index is 0.950. The third kappa shape index (κ3) is 4.63. The maximum atomic E-state index is 6.75. The first-order valence-corrected chi connectivity index (χ1v) is 21.3. The second-order valence-corrected chi connectivity index (χ2v) is 17.4. The molecule has 2 aliphatic carbocycles. The van der Waals surface area contributed by atoms with Crippen LogP contribution < -0.4 is 10.4 Å². The summed E-state index contributed by atoms with van der Waals surface area (Å²) in [6.45, 7) is 4.77. The fourth-order valence-electron chi connectivity index (χ4n) is 11.1. The van der Waals surface area contributed by atoms with Gasteiger partial charge < -0.3 is 4.42 Å². The van der Waals surface area contributed by atoms with E-state index in [-0.39, 0.29) is 5.41 Å². The van der Waals surface area contributed by atoms with Crippen LogP contribution in [0.5, 0.6) is 0 Å². The first kappa shape index (κ1) is 33.7. The zero-order valence-electron chi connectivity index (χ0n) is 33.6. The van der Waals surface area contributed by atoms with Crippen molar-refractivity contribution in [2.24, 2.45) is 0 Å². The molecule has 0 N–H and O–H groups in total. The lowest BCUT2D eigenvalue weighted by Crippen LogP contribution is -2.31. The summed E-state index contributed by atoms with van der Waals surface area (Å²) >= 11 is 0. The fraction of sp³-hybridized carbons (Fsp3) is 0.0847. The van der Waals surface area contributed by atoms with Gasteiger partial charge in [-0.1, -0.05) is 172 Å². The third-order valence-electron chi connectivity index (χ3n) is 13.8. The van der Waals surface area contributed by atoms with Gasteiger partial charge in [0.15, 0.2) is 0 Å². The highest BCUT2D eigenvalue weighted by atomic mass is 16.3. The van der Waals surface area contributed by atoms with Gasteiger partial charge in [0, 0.05) is 21.8 Å². The molecule has 0 saturated heterocycles. The van der Waals surface area contributed by atoms with E-state index < -0.39 is 0 Å². The molecule has 0 radical (unpaired) electrons. The Bertz CT molecular complexity index is 3790. The molecule has 2 aliphatic rings. The van der Waals surface area contributed by atoms with Crippen molar-refractivity contribution < 1.29 is 4.42 Å². The topological polar surface area (TPSA) is 13.1 Å². The summed E-state index contributed by atoms with van der Waals surface area (Å²) in [5.74, 6) is 0. The van der Waals surface area contributed by atoms with E-state index in [0.717, 1.165) is 24.0 Å². The molecule has 0 aliphatic heterocycles. The molecule has 1 heterocycles. The predicted molar refractivity (Wildman–Crippen MR) is 255 cm³/mol. The second kappa shape index (κ2) is 12.4. The summed E-state index contributed by atoms with van der Waals surface area (Å²) in [5, 5.41) is 15.4. The molecule has 0 fully saturated rings. The van der Waals surface area contributed by atoms with E-state index in [4.69, 9.17) is 4.42 Å². The van der Waals surface area contributed by atoms with E-state index in [1.807, 2.05) is 0 Å². The highest BCUT2D eigenvalue weighted by Gasteiger charge is 2.40. The van der Waals surface area contributed by atoms with Gasteiger partial charge in [-0.2, -0.15) is 0 Å². The van der Waals surface area contributed by atoms with Crippen molar-refractivity contribution in [3.63, 3.8) is 0 Å². The van der Waals surface area contributed by atoms with Crippen molar-refractivity contribution >= 4 is 77.2 Å². The minimum Gasteiger partial charge on any atom is -0.455 e. The van der Waals surface area contributed by atoms with Crippen molar-refractivity contribution in [2.45, 2.75) is 32.1 Å². The monoisotopic (exact) mass is 764 g/mol. The molecule has 1 heteroatoms. The molecule has 13 rings (SSSR count). The summed E-state index contributed by atoms with van der Waals surface area (Å²) in [4.78, 5) is 0. The van der Waals surface area contributed by atoms with Crippen LogP contribution in [0.25, 0.3) is 122 Å². The van der Waals surface area contributed by atoms with Crippen LogP contribution in [-0.4, -0.2) is 0 Å². The molecule has 0 atom stereocenters. The molecule has 282 valence electrons. The van der Waals surface area contributed by atoms with Crippen LogP contribution in [0.4, 0.5) is 0 Å². The Labute approximate surface area is 348 Å². The van der Waals surface area contributed by atoms with Crippen LogP contribution in [0.1, 0.15) is 37.8 Å². The Morgan fingerprint density at radius 3 is 1.80 bits per heavy atom. The normalized spacial score (nSPS) is 14.1.